The van der Waals surface area contributed by atoms with Crippen molar-refractivity contribution in [3.8, 4) is 0 Å². The summed E-state index contributed by atoms with van der Waals surface area (Å²) in [5, 5.41) is 3.19. The number of sulfonamides is 1. The standard InChI is InChI=1S/C13H21N3O2S/c1-4-7-14-10-6-5-8-15-12(10)19(17,18)16-11-9-13(11,2)3/h5-6,8,11,14,16H,4,7,9H2,1-3H3. The van der Waals surface area contributed by atoms with Crippen LogP contribution in [-0.4, -0.2) is 26.0 Å². The second-order valence-corrected chi connectivity index (χ2v) is 7.28. The van der Waals surface area contributed by atoms with E-state index in [0.717, 1.165) is 19.4 Å². The van der Waals surface area contributed by atoms with Gasteiger partial charge in [0.25, 0.3) is 10.0 Å². The molecule has 1 saturated carbocycles. The first-order valence-corrected chi connectivity index (χ1v) is 8.06. The van der Waals surface area contributed by atoms with Gasteiger partial charge < -0.3 is 5.32 Å². The quantitative estimate of drug-likeness (QED) is 0.837. The van der Waals surface area contributed by atoms with E-state index in [0.29, 0.717) is 5.69 Å². The molecule has 1 unspecified atom stereocenters. The third kappa shape index (κ3) is 3.25. The molecule has 1 aliphatic rings. The summed E-state index contributed by atoms with van der Waals surface area (Å²) in [4.78, 5) is 4.02. The molecule has 1 fully saturated rings. The van der Waals surface area contributed by atoms with Gasteiger partial charge in [-0.05, 0) is 30.4 Å². The van der Waals surface area contributed by atoms with Gasteiger partial charge in [0.15, 0.2) is 5.03 Å². The van der Waals surface area contributed by atoms with Crippen LogP contribution < -0.4 is 10.0 Å². The lowest BCUT2D eigenvalue weighted by Gasteiger charge is -2.12. The Morgan fingerprint density at radius 3 is 2.74 bits per heavy atom. The molecule has 19 heavy (non-hydrogen) atoms. The van der Waals surface area contributed by atoms with E-state index in [2.05, 4.69) is 28.9 Å². The van der Waals surface area contributed by atoms with Crippen LogP contribution in [0.2, 0.25) is 0 Å². The molecule has 1 heterocycles. The van der Waals surface area contributed by atoms with Gasteiger partial charge in [-0.1, -0.05) is 20.8 Å². The molecule has 2 rings (SSSR count). The molecule has 1 aliphatic carbocycles. The van der Waals surface area contributed by atoms with Crippen LogP contribution in [0.3, 0.4) is 0 Å². The van der Waals surface area contributed by atoms with E-state index in [4.69, 9.17) is 0 Å². The van der Waals surface area contributed by atoms with Crippen molar-refractivity contribution < 1.29 is 8.42 Å². The Bertz CT molecular complexity index is 555. The maximum Gasteiger partial charge on any atom is 0.260 e. The number of nitrogens with zero attached hydrogens (tertiary/aromatic N) is 1. The fraction of sp³-hybridized carbons (Fsp3) is 0.615. The SMILES string of the molecule is CCCNc1cccnc1S(=O)(=O)NC1CC1(C)C. The maximum absolute atomic E-state index is 12.3. The highest BCUT2D eigenvalue weighted by molar-refractivity contribution is 7.89. The molecule has 1 atom stereocenters. The second kappa shape index (κ2) is 5.09. The van der Waals surface area contributed by atoms with Crippen LogP contribution in [0.5, 0.6) is 0 Å². The Kier molecular flexibility index (Phi) is 3.82. The number of hydrogen-bond acceptors (Lipinski definition) is 4. The number of nitrogens with one attached hydrogen (secondary N) is 2. The Morgan fingerprint density at radius 1 is 1.47 bits per heavy atom. The van der Waals surface area contributed by atoms with Crippen LogP contribution in [-0.2, 0) is 10.0 Å². The first-order valence-electron chi connectivity index (χ1n) is 6.58. The highest BCUT2D eigenvalue weighted by atomic mass is 32.2. The first kappa shape index (κ1) is 14.3. The summed E-state index contributed by atoms with van der Waals surface area (Å²) in [5.74, 6) is 0. The summed E-state index contributed by atoms with van der Waals surface area (Å²) in [7, 11) is -3.55. The van der Waals surface area contributed by atoms with Gasteiger partial charge in [-0.25, -0.2) is 18.1 Å². The minimum absolute atomic E-state index is 0.0125. The minimum Gasteiger partial charge on any atom is -0.383 e. The summed E-state index contributed by atoms with van der Waals surface area (Å²) >= 11 is 0. The molecule has 0 amide bonds. The van der Waals surface area contributed by atoms with Gasteiger partial charge >= 0.3 is 0 Å². The molecule has 106 valence electrons. The summed E-state index contributed by atoms with van der Waals surface area (Å²) in [5.41, 5.74) is 0.620. The zero-order chi connectivity index (χ0) is 14.1. The molecule has 1 aromatic rings. The summed E-state index contributed by atoms with van der Waals surface area (Å²) in [6.07, 6.45) is 3.30. The topological polar surface area (TPSA) is 71.1 Å². The minimum atomic E-state index is -3.55. The third-order valence-corrected chi connectivity index (χ3v) is 4.83. The van der Waals surface area contributed by atoms with Crippen LogP contribution in [0.4, 0.5) is 5.69 Å². The first-order chi connectivity index (χ1) is 8.87. The summed E-state index contributed by atoms with van der Waals surface area (Å²) in [6, 6.07) is 3.49. The predicted octanol–water partition coefficient (Wildman–Crippen LogP) is 1.98. The molecule has 0 bridgehead atoms. The molecule has 1 aromatic heterocycles. The van der Waals surface area contributed by atoms with E-state index < -0.39 is 10.0 Å². The normalized spacial score (nSPS) is 21.1. The Balaban J connectivity index is 2.20. The van der Waals surface area contributed by atoms with E-state index in [1.165, 1.54) is 6.20 Å². The smallest absolute Gasteiger partial charge is 0.260 e. The van der Waals surface area contributed by atoms with Crippen molar-refractivity contribution in [2.75, 3.05) is 11.9 Å². The Labute approximate surface area is 114 Å². The Hall–Kier alpha value is -1.14. The highest BCUT2D eigenvalue weighted by Gasteiger charge is 2.48. The fourth-order valence-electron chi connectivity index (χ4n) is 1.91. The van der Waals surface area contributed by atoms with Crippen LogP contribution >= 0.6 is 0 Å². The van der Waals surface area contributed by atoms with Crippen LogP contribution in [0, 0.1) is 5.41 Å². The van der Waals surface area contributed by atoms with Crippen LogP contribution in [0.1, 0.15) is 33.6 Å². The van der Waals surface area contributed by atoms with E-state index in [1.807, 2.05) is 6.92 Å². The molecular formula is C13H21N3O2S. The van der Waals surface area contributed by atoms with Gasteiger partial charge in [-0.2, -0.15) is 0 Å². The molecule has 2 N–H and O–H groups in total. The van der Waals surface area contributed by atoms with Gasteiger partial charge in [0.1, 0.15) is 0 Å². The van der Waals surface area contributed by atoms with Gasteiger partial charge in [-0.3, -0.25) is 0 Å². The summed E-state index contributed by atoms with van der Waals surface area (Å²) in [6.45, 7) is 6.86. The van der Waals surface area contributed by atoms with Crippen LogP contribution in [0.15, 0.2) is 23.4 Å². The van der Waals surface area contributed by atoms with Crippen molar-refractivity contribution in [2.24, 2.45) is 5.41 Å². The molecular weight excluding hydrogens is 262 g/mol. The van der Waals surface area contributed by atoms with Crippen molar-refractivity contribution in [1.29, 1.82) is 0 Å². The van der Waals surface area contributed by atoms with E-state index in [9.17, 15) is 8.42 Å². The summed E-state index contributed by atoms with van der Waals surface area (Å²) < 4.78 is 27.4. The van der Waals surface area contributed by atoms with Crippen LogP contribution in [0.25, 0.3) is 0 Å². The van der Waals surface area contributed by atoms with Gasteiger partial charge in [0.05, 0.1) is 5.69 Å². The lowest BCUT2D eigenvalue weighted by molar-refractivity contribution is 0.552. The average Bonchev–Trinajstić information content (AvgIpc) is 2.93. The molecule has 0 spiro atoms. The van der Waals surface area contributed by atoms with Crippen molar-refractivity contribution in [1.82, 2.24) is 9.71 Å². The number of pyridine rings is 1. The highest BCUT2D eigenvalue weighted by Crippen LogP contribution is 2.45. The predicted molar refractivity (Wildman–Crippen MR) is 75.5 cm³/mol. The van der Waals surface area contributed by atoms with Crippen molar-refractivity contribution >= 4 is 15.7 Å². The molecule has 5 nitrogen and oxygen atoms in total. The lowest BCUT2D eigenvalue weighted by Crippen LogP contribution is -2.30. The van der Waals surface area contributed by atoms with Gasteiger partial charge in [0.2, 0.25) is 0 Å². The number of rotatable bonds is 6. The maximum atomic E-state index is 12.3. The van der Waals surface area contributed by atoms with E-state index in [-0.39, 0.29) is 16.5 Å². The average molecular weight is 283 g/mol. The third-order valence-electron chi connectivity index (χ3n) is 3.40. The van der Waals surface area contributed by atoms with E-state index in [1.54, 1.807) is 12.1 Å². The van der Waals surface area contributed by atoms with Crippen molar-refractivity contribution in [2.45, 2.75) is 44.7 Å². The zero-order valence-corrected chi connectivity index (χ0v) is 12.4. The van der Waals surface area contributed by atoms with Crippen molar-refractivity contribution in [3.05, 3.63) is 18.3 Å². The lowest BCUT2D eigenvalue weighted by atomic mass is 10.2. The largest absolute Gasteiger partial charge is 0.383 e. The zero-order valence-electron chi connectivity index (χ0n) is 11.6. The molecule has 0 saturated heterocycles. The Morgan fingerprint density at radius 2 is 2.16 bits per heavy atom. The number of hydrogen-bond donors (Lipinski definition) is 2. The van der Waals surface area contributed by atoms with Crippen molar-refractivity contribution in [3.63, 3.8) is 0 Å². The second-order valence-electron chi connectivity index (χ2n) is 5.65. The fourth-order valence-corrected chi connectivity index (χ4v) is 3.43. The monoisotopic (exact) mass is 283 g/mol. The van der Waals surface area contributed by atoms with Gasteiger partial charge in [0, 0.05) is 18.8 Å². The molecule has 0 aromatic carbocycles. The van der Waals surface area contributed by atoms with Gasteiger partial charge in [-0.15, -0.1) is 0 Å². The van der Waals surface area contributed by atoms with E-state index >= 15 is 0 Å². The molecule has 6 heteroatoms. The molecule has 0 aliphatic heterocycles. The number of anilines is 1. The molecule has 0 radical (unpaired) electrons. The number of aromatic nitrogens is 1.